The molecule has 0 aliphatic carbocycles. The molecule has 0 amide bonds. The van der Waals surface area contributed by atoms with E-state index in [9.17, 15) is 28.7 Å². The molecule has 2 unspecified atom stereocenters. The van der Waals surface area contributed by atoms with Crippen LogP contribution in [0.5, 0.6) is 0 Å². The molecule has 9 heteroatoms. The molecule has 1 aromatic rings. The van der Waals surface area contributed by atoms with Gasteiger partial charge in [0.2, 0.25) is 0 Å². The van der Waals surface area contributed by atoms with Gasteiger partial charge in [-0.1, -0.05) is 0 Å². The van der Waals surface area contributed by atoms with Crippen molar-refractivity contribution in [3.63, 3.8) is 0 Å². The van der Waals surface area contributed by atoms with Gasteiger partial charge in [-0.3, -0.25) is 10.1 Å². The van der Waals surface area contributed by atoms with Gasteiger partial charge in [-0.25, -0.2) is 8.42 Å². The lowest BCUT2D eigenvalue weighted by Crippen LogP contribution is -2.24. The van der Waals surface area contributed by atoms with E-state index in [0.717, 1.165) is 18.4 Å². The van der Waals surface area contributed by atoms with Crippen LogP contribution in [-0.4, -0.2) is 49.5 Å². The molecule has 0 aliphatic heterocycles. The van der Waals surface area contributed by atoms with Crippen LogP contribution in [0, 0.1) is 10.1 Å². The van der Waals surface area contributed by atoms with E-state index < -0.39 is 32.7 Å². The first-order valence-corrected chi connectivity index (χ1v) is 8.06. The van der Waals surface area contributed by atoms with Gasteiger partial charge in [-0.2, -0.15) is 0 Å². The van der Waals surface area contributed by atoms with Crippen molar-refractivity contribution in [2.45, 2.75) is 23.5 Å². The normalized spacial score (nSPS) is 14.7. The summed E-state index contributed by atoms with van der Waals surface area (Å²) in [6.07, 6.45) is -1.53. The summed E-state index contributed by atoms with van der Waals surface area (Å²) in [5.74, 6) is 0. The summed E-state index contributed by atoms with van der Waals surface area (Å²) in [6, 6.07) is 3.21. The quantitative estimate of drug-likeness (QED) is 0.476. The minimum absolute atomic E-state index is 0.115. The zero-order valence-corrected chi connectivity index (χ0v) is 12.5. The smallest absolute Gasteiger partial charge is 0.276 e. The van der Waals surface area contributed by atoms with Gasteiger partial charge in [0.25, 0.3) is 5.69 Å². The Hall–Kier alpha value is -1.55. The van der Waals surface area contributed by atoms with Crippen LogP contribution < -0.4 is 5.32 Å². The molecule has 0 aromatic heterocycles. The number of hydrogen-bond acceptors (Lipinski definition) is 7. The third kappa shape index (κ3) is 4.46. The Morgan fingerprint density at radius 2 is 2.00 bits per heavy atom. The number of aliphatic hydroxyl groups excluding tert-OH is 2. The first kappa shape index (κ1) is 17.5. The van der Waals surface area contributed by atoms with Gasteiger partial charge >= 0.3 is 0 Å². The fraction of sp³-hybridized carbons (Fsp3) is 0.500. The lowest BCUT2D eigenvalue weighted by atomic mass is 10.0. The average Bonchev–Trinajstić information content (AvgIpc) is 2.42. The van der Waals surface area contributed by atoms with Crippen molar-refractivity contribution in [2.75, 3.05) is 19.8 Å². The van der Waals surface area contributed by atoms with Crippen molar-refractivity contribution < 1.29 is 23.6 Å². The van der Waals surface area contributed by atoms with Gasteiger partial charge in [0, 0.05) is 12.3 Å². The average molecular weight is 318 g/mol. The summed E-state index contributed by atoms with van der Waals surface area (Å²) in [4.78, 5) is 10.1. The molecule has 118 valence electrons. The summed E-state index contributed by atoms with van der Waals surface area (Å²) < 4.78 is 22.8. The van der Waals surface area contributed by atoms with E-state index in [1.165, 1.54) is 6.07 Å². The second kappa shape index (κ2) is 6.94. The maximum atomic E-state index is 11.4. The predicted molar refractivity (Wildman–Crippen MR) is 75.7 cm³/mol. The molecule has 1 rings (SSSR count). The molecule has 8 nitrogen and oxygen atoms in total. The number of hydrogen-bond donors (Lipinski definition) is 3. The van der Waals surface area contributed by atoms with E-state index in [2.05, 4.69) is 5.32 Å². The van der Waals surface area contributed by atoms with Gasteiger partial charge in [0.1, 0.15) is 6.10 Å². The molecule has 0 aliphatic rings. The lowest BCUT2D eigenvalue weighted by molar-refractivity contribution is -0.386. The topological polar surface area (TPSA) is 130 Å². The fourth-order valence-corrected chi connectivity index (χ4v) is 2.46. The number of nitrogens with one attached hydrogen (secondary N) is 1. The standard InChI is InChI=1S/C12H18N2O6S/c1-13-6-5-11(15)12(16)9-4-3-8(21(2,19)20)7-10(9)14(17)18/h3-4,7,11-13,15-16H,5-6H2,1-2H3. The molecule has 21 heavy (non-hydrogen) atoms. The number of nitrogens with zero attached hydrogens (tertiary/aromatic N) is 1. The summed E-state index contributed by atoms with van der Waals surface area (Å²) in [5, 5.41) is 33.6. The second-order valence-electron chi connectivity index (χ2n) is 4.65. The molecule has 0 saturated carbocycles. The molecule has 1 aromatic carbocycles. The van der Waals surface area contributed by atoms with Crippen LogP contribution in [-0.2, 0) is 9.84 Å². The summed E-state index contributed by atoms with van der Waals surface area (Å²) in [7, 11) is -1.93. The highest BCUT2D eigenvalue weighted by Gasteiger charge is 2.27. The Bertz CT molecular complexity index is 616. The van der Waals surface area contributed by atoms with Crippen LogP contribution in [0.25, 0.3) is 0 Å². The largest absolute Gasteiger partial charge is 0.390 e. The predicted octanol–water partition coefficient (Wildman–Crippen LogP) is 0.00210. The molecule has 0 radical (unpaired) electrons. The summed E-state index contributed by atoms with van der Waals surface area (Å²) in [6.45, 7) is 0.424. The third-order valence-corrected chi connectivity index (χ3v) is 4.11. The van der Waals surface area contributed by atoms with Crippen LogP contribution in [0.15, 0.2) is 23.1 Å². The molecule has 0 fully saturated rings. The molecular weight excluding hydrogens is 300 g/mol. The number of rotatable bonds is 7. The third-order valence-electron chi connectivity index (χ3n) is 3.00. The van der Waals surface area contributed by atoms with E-state index >= 15 is 0 Å². The molecule has 0 heterocycles. The highest BCUT2D eigenvalue weighted by molar-refractivity contribution is 7.90. The molecule has 0 bridgehead atoms. The Morgan fingerprint density at radius 3 is 2.48 bits per heavy atom. The Balaban J connectivity index is 3.21. The van der Waals surface area contributed by atoms with Gasteiger partial charge in [-0.05, 0) is 32.1 Å². The first-order chi connectivity index (χ1) is 9.68. The molecule has 2 atom stereocenters. The number of benzene rings is 1. The monoisotopic (exact) mass is 318 g/mol. The van der Waals surface area contributed by atoms with Crippen molar-refractivity contribution >= 4 is 15.5 Å². The lowest BCUT2D eigenvalue weighted by Gasteiger charge is -2.18. The Morgan fingerprint density at radius 1 is 1.38 bits per heavy atom. The minimum atomic E-state index is -3.59. The number of nitro groups is 1. The van der Waals surface area contributed by atoms with Gasteiger partial charge in [0.15, 0.2) is 9.84 Å². The van der Waals surface area contributed by atoms with Gasteiger partial charge in [-0.15, -0.1) is 0 Å². The summed E-state index contributed by atoms with van der Waals surface area (Å²) in [5.41, 5.74) is -0.648. The molecular formula is C12H18N2O6S. The van der Waals surface area contributed by atoms with Gasteiger partial charge < -0.3 is 15.5 Å². The molecule has 3 N–H and O–H groups in total. The first-order valence-electron chi connectivity index (χ1n) is 6.17. The van der Waals surface area contributed by atoms with Crippen LogP contribution in [0.1, 0.15) is 18.1 Å². The Kier molecular flexibility index (Phi) is 5.78. The van der Waals surface area contributed by atoms with Crippen molar-refractivity contribution in [3.8, 4) is 0 Å². The van der Waals surface area contributed by atoms with Crippen molar-refractivity contribution in [3.05, 3.63) is 33.9 Å². The highest BCUT2D eigenvalue weighted by atomic mass is 32.2. The van der Waals surface area contributed by atoms with E-state index in [4.69, 9.17) is 0 Å². The Labute approximate surface area is 122 Å². The zero-order chi connectivity index (χ0) is 16.2. The zero-order valence-electron chi connectivity index (χ0n) is 11.7. The van der Waals surface area contributed by atoms with Crippen LogP contribution in [0.4, 0.5) is 5.69 Å². The van der Waals surface area contributed by atoms with Crippen LogP contribution in [0.2, 0.25) is 0 Å². The van der Waals surface area contributed by atoms with Gasteiger partial charge in [0.05, 0.1) is 21.5 Å². The number of sulfone groups is 1. The number of aliphatic hydroxyl groups is 2. The van der Waals surface area contributed by atoms with Crippen LogP contribution >= 0.6 is 0 Å². The van der Waals surface area contributed by atoms with Crippen LogP contribution in [0.3, 0.4) is 0 Å². The van der Waals surface area contributed by atoms with E-state index in [1.54, 1.807) is 7.05 Å². The summed E-state index contributed by atoms with van der Waals surface area (Å²) >= 11 is 0. The van der Waals surface area contributed by atoms with Crippen molar-refractivity contribution in [2.24, 2.45) is 0 Å². The maximum Gasteiger partial charge on any atom is 0.276 e. The second-order valence-corrected chi connectivity index (χ2v) is 6.67. The van der Waals surface area contributed by atoms with Crippen molar-refractivity contribution in [1.82, 2.24) is 5.32 Å². The number of nitro benzene ring substituents is 1. The van der Waals surface area contributed by atoms with E-state index in [0.29, 0.717) is 6.54 Å². The molecule has 0 spiro atoms. The maximum absolute atomic E-state index is 11.4. The molecule has 0 saturated heterocycles. The fourth-order valence-electron chi connectivity index (χ4n) is 1.82. The minimum Gasteiger partial charge on any atom is -0.390 e. The van der Waals surface area contributed by atoms with E-state index in [-0.39, 0.29) is 16.9 Å². The highest BCUT2D eigenvalue weighted by Crippen LogP contribution is 2.30. The SMILES string of the molecule is CNCCC(O)C(O)c1ccc(S(C)(=O)=O)cc1[N+](=O)[O-]. The van der Waals surface area contributed by atoms with E-state index in [1.807, 2.05) is 0 Å². The van der Waals surface area contributed by atoms with Crippen molar-refractivity contribution in [1.29, 1.82) is 0 Å².